The monoisotopic (exact) mass is 388 g/mol. The van der Waals surface area contributed by atoms with Crippen molar-refractivity contribution in [3.63, 3.8) is 0 Å². The molecule has 0 spiro atoms. The minimum atomic E-state index is -0.191. The Labute approximate surface area is 167 Å². The zero-order valence-corrected chi connectivity index (χ0v) is 16.3. The van der Waals surface area contributed by atoms with Gasteiger partial charge in [-0.3, -0.25) is 4.98 Å². The lowest BCUT2D eigenvalue weighted by molar-refractivity contribution is 0.240. The van der Waals surface area contributed by atoms with Gasteiger partial charge in [-0.05, 0) is 35.4 Å². The molecule has 4 rings (SSSR count). The van der Waals surface area contributed by atoms with E-state index in [9.17, 15) is 4.79 Å². The first-order valence-electron chi connectivity index (χ1n) is 9.06. The van der Waals surface area contributed by atoms with Crippen LogP contribution in [0.25, 0.3) is 21.3 Å². The Balaban J connectivity index is 1.37. The summed E-state index contributed by atoms with van der Waals surface area (Å²) in [5.74, 6) is 0. The number of amides is 2. The largest absolute Gasteiger partial charge is 0.334 e. The van der Waals surface area contributed by atoms with E-state index in [4.69, 9.17) is 0 Å². The second-order valence-corrected chi connectivity index (χ2v) is 7.53. The van der Waals surface area contributed by atoms with Crippen molar-refractivity contribution in [2.75, 3.05) is 0 Å². The second-order valence-electron chi connectivity index (χ2n) is 6.44. The number of carbonyl (C=O) groups is 1. The molecule has 2 aromatic carbocycles. The van der Waals surface area contributed by atoms with Crippen molar-refractivity contribution in [1.29, 1.82) is 0 Å². The quantitative estimate of drug-likeness (QED) is 0.522. The molecule has 2 heterocycles. The van der Waals surface area contributed by atoms with Crippen LogP contribution >= 0.6 is 11.3 Å². The molecule has 2 amide bonds. The molecule has 0 saturated carbocycles. The number of benzene rings is 2. The van der Waals surface area contributed by atoms with Crippen LogP contribution in [0.5, 0.6) is 0 Å². The first-order valence-corrected chi connectivity index (χ1v) is 9.87. The van der Waals surface area contributed by atoms with Crippen LogP contribution in [-0.2, 0) is 13.1 Å². The van der Waals surface area contributed by atoms with Crippen molar-refractivity contribution in [2.24, 2.45) is 0 Å². The molecule has 0 aliphatic carbocycles. The Hall–Kier alpha value is -3.25. The van der Waals surface area contributed by atoms with Crippen molar-refractivity contribution >= 4 is 28.1 Å². The molecule has 28 heavy (non-hydrogen) atoms. The average Bonchev–Trinajstić information content (AvgIpc) is 3.12. The van der Waals surface area contributed by atoms with Gasteiger partial charge in [0.2, 0.25) is 0 Å². The normalized spacial score (nSPS) is 10.8. The van der Waals surface area contributed by atoms with Gasteiger partial charge in [-0.25, -0.2) is 9.78 Å². The number of nitrogens with zero attached hydrogens (tertiary/aromatic N) is 2. The predicted molar refractivity (Wildman–Crippen MR) is 113 cm³/mol. The number of fused-ring (bicyclic) bond motifs is 1. The van der Waals surface area contributed by atoms with E-state index in [0.717, 1.165) is 32.1 Å². The number of rotatable bonds is 5. The summed E-state index contributed by atoms with van der Waals surface area (Å²) in [6.45, 7) is 2.89. The maximum atomic E-state index is 12.3. The number of nitrogens with one attached hydrogen (secondary N) is 2. The third kappa shape index (κ3) is 4.02. The third-order valence-corrected chi connectivity index (χ3v) is 5.74. The summed E-state index contributed by atoms with van der Waals surface area (Å²) in [6.07, 6.45) is 3.54. The van der Waals surface area contributed by atoms with E-state index in [1.54, 1.807) is 23.7 Å². The maximum Gasteiger partial charge on any atom is 0.315 e. The van der Waals surface area contributed by atoms with Crippen LogP contribution in [0.15, 0.2) is 67.0 Å². The van der Waals surface area contributed by atoms with Crippen LogP contribution in [0.3, 0.4) is 0 Å². The number of aromatic nitrogens is 2. The lowest BCUT2D eigenvalue weighted by Crippen LogP contribution is -2.34. The Morgan fingerprint density at radius 3 is 2.68 bits per heavy atom. The maximum absolute atomic E-state index is 12.3. The predicted octanol–water partition coefficient (Wildman–Crippen LogP) is 4.67. The van der Waals surface area contributed by atoms with E-state index < -0.39 is 0 Å². The topological polar surface area (TPSA) is 66.9 Å². The number of aryl methyl sites for hydroxylation is 1. The van der Waals surface area contributed by atoms with Gasteiger partial charge in [0.1, 0.15) is 5.01 Å². The summed E-state index contributed by atoms with van der Waals surface area (Å²) in [4.78, 5) is 22.0. The van der Waals surface area contributed by atoms with Crippen LogP contribution in [0.1, 0.15) is 16.1 Å². The second kappa shape index (κ2) is 8.19. The van der Waals surface area contributed by atoms with Crippen LogP contribution in [0, 0.1) is 6.92 Å². The summed E-state index contributed by atoms with van der Waals surface area (Å²) in [5.41, 5.74) is 3.02. The number of hydrogen-bond donors (Lipinski definition) is 2. The van der Waals surface area contributed by atoms with Crippen molar-refractivity contribution < 1.29 is 4.79 Å². The highest BCUT2D eigenvalue weighted by atomic mass is 32.1. The van der Waals surface area contributed by atoms with E-state index in [1.165, 1.54) is 5.39 Å². The van der Waals surface area contributed by atoms with Gasteiger partial charge in [0, 0.05) is 29.4 Å². The summed E-state index contributed by atoms with van der Waals surface area (Å²) >= 11 is 1.58. The number of urea groups is 1. The summed E-state index contributed by atoms with van der Waals surface area (Å²) in [6, 6.07) is 18.0. The number of thiazole rings is 1. The van der Waals surface area contributed by atoms with Gasteiger partial charge >= 0.3 is 6.03 Å². The Morgan fingerprint density at radius 2 is 1.82 bits per heavy atom. The number of hydrogen-bond acceptors (Lipinski definition) is 4. The fraction of sp³-hybridized carbons (Fsp3) is 0.136. The van der Waals surface area contributed by atoms with E-state index in [2.05, 4.69) is 38.8 Å². The fourth-order valence-electron chi connectivity index (χ4n) is 3.05. The number of pyridine rings is 1. The third-order valence-electron chi connectivity index (χ3n) is 4.53. The number of carbonyl (C=O) groups excluding carboxylic acids is 1. The lowest BCUT2D eigenvalue weighted by Gasteiger charge is -2.09. The Morgan fingerprint density at radius 1 is 1.00 bits per heavy atom. The molecule has 0 atom stereocenters. The molecule has 0 unspecified atom stereocenters. The molecule has 6 heteroatoms. The van der Waals surface area contributed by atoms with Crippen molar-refractivity contribution in [1.82, 2.24) is 20.6 Å². The minimum Gasteiger partial charge on any atom is -0.334 e. The fourth-order valence-corrected chi connectivity index (χ4v) is 4.04. The van der Waals surface area contributed by atoms with E-state index >= 15 is 0 Å². The summed E-state index contributed by atoms with van der Waals surface area (Å²) in [5, 5.41) is 9.12. The molecule has 0 saturated heterocycles. The smallest absolute Gasteiger partial charge is 0.315 e. The van der Waals surface area contributed by atoms with Crippen LogP contribution in [0.4, 0.5) is 4.79 Å². The molecular formula is C22H20N4OS. The lowest BCUT2D eigenvalue weighted by atomic mass is 10.0. The van der Waals surface area contributed by atoms with E-state index in [-0.39, 0.29) is 6.03 Å². The highest BCUT2D eigenvalue weighted by molar-refractivity contribution is 7.15. The SMILES string of the molecule is Cc1nc(-c2cccnc2)sc1CNC(=O)NCc1cccc2ccccc12. The first-order chi connectivity index (χ1) is 13.7. The first kappa shape index (κ1) is 18.1. The molecule has 0 aliphatic rings. The van der Waals surface area contributed by atoms with Gasteiger partial charge in [0.25, 0.3) is 0 Å². The molecule has 2 aromatic heterocycles. The summed E-state index contributed by atoms with van der Waals surface area (Å²) in [7, 11) is 0. The van der Waals surface area contributed by atoms with Crippen molar-refractivity contribution in [2.45, 2.75) is 20.0 Å². The summed E-state index contributed by atoms with van der Waals surface area (Å²) < 4.78 is 0. The van der Waals surface area contributed by atoms with Crippen molar-refractivity contribution in [3.05, 3.63) is 83.1 Å². The highest BCUT2D eigenvalue weighted by Crippen LogP contribution is 2.27. The van der Waals surface area contributed by atoms with Crippen LogP contribution < -0.4 is 10.6 Å². The average molecular weight is 388 g/mol. The van der Waals surface area contributed by atoms with Gasteiger partial charge in [-0.15, -0.1) is 11.3 Å². The van der Waals surface area contributed by atoms with Crippen LogP contribution in [0.2, 0.25) is 0 Å². The molecule has 5 nitrogen and oxygen atoms in total. The molecular weight excluding hydrogens is 368 g/mol. The van der Waals surface area contributed by atoms with Gasteiger partial charge in [0.15, 0.2) is 0 Å². The molecule has 0 aliphatic heterocycles. The van der Waals surface area contributed by atoms with Gasteiger partial charge in [-0.2, -0.15) is 0 Å². The van der Waals surface area contributed by atoms with E-state index in [0.29, 0.717) is 13.1 Å². The van der Waals surface area contributed by atoms with Crippen molar-refractivity contribution in [3.8, 4) is 10.6 Å². The van der Waals surface area contributed by atoms with Gasteiger partial charge in [-0.1, -0.05) is 42.5 Å². The van der Waals surface area contributed by atoms with Gasteiger partial charge < -0.3 is 10.6 Å². The Bertz CT molecular complexity index is 1100. The molecule has 2 N–H and O–H groups in total. The highest BCUT2D eigenvalue weighted by Gasteiger charge is 2.11. The molecule has 0 bridgehead atoms. The molecule has 0 fully saturated rings. The van der Waals surface area contributed by atoms with Gasteiger partial charge in [0.05, 0.1) is 12.2 Å². The molecule has 140 valence electrons. The molecule has 4 aromatic rings. The Kier molecular flexibility index (Phi) is 5.30. The zero-order chi connectivity index (χ0) is 19.3. The minimum absolute atomic E-state index is 0.191. The van der Waals surface area contributed by atoms with Crippen LogP contribution in [-0.4, -0.2) is 16.0 Å². The van der Waals surface area contributed by atoms with E-state index in [1.807, 2.05) is 43.3 Å². The standard InChI is InChI=1S/C22H20N4OS/c1-15-20(28-21(26-15)18-9-5-11-23-12-18)14-25-22(27)24-13-17-8-4-7-16-6-2-3-10-19(16)17/h2-12H,13-14H2,1H3,(H2,24,25,27). The molecule has 0 radical (unpaired) electrons. The zero-order valence-electron chi connectivity index (χ0n) is 15.5.